The van der Waals surface area contributed by atoms with E-state index in [0.29, 0.717) is 0 Å². The summed E-state index contributed by atoms with van der Waals surface area (Å²) in [7, 11) is -3.26. The van der Waals surface area contributed by atoms with Gasteiger partial charge in [-0.2, -0.15) is 5.10 Å². The lowest BCUT2D eigenvalue weighted by Gasteiger charge is -2.04. The number of sulfone groups is 1. The number of carboxylic acid groups (broad SMARTS) is 1. The minimum absolute atomic E-state index is 0.0898. The topological polar surface area (TPSA) is 89.3 Å². The Hall–Kier alpha value is -1.16. The number of carbonyl (C=O) groups is 1. The van der Waals surface area contributed by atoms with Gasteiger partial charge in [0.15, 0.2) is 0 Å². The molecule has 6 nitrogen and oxygen atoms in total. The van der Waals surface area contributed by atoms with E-state index in [-0.39, 0.29) is 23.1 Å². The minimum atomic E-state index is -3.26. The molecule has 0 aliphatic rings. The third-order valence-corrected chi connectivity index (χ3v) is 3.94. The van der Waals surface area contributed by atoms with Gasteiger partial charge in [-0.1, -0.05) is 11.8 Å². The van der Waals surface area contributed by atoms with Crippen LogP contribution in [0.2, 0.25) is 0 Å². The third kappa shape index (κ3) is 5.55. The Balaban J connectivity index is 2.89. The monoisotopic (exact) mass is 314 g/mol. The highest BCUT2D eigenvalue weighted by Gasteiger charge is 2.17. The normalized spacial score (nSPS) is 12.0. The van der Waals surface area contributed by atoms with Crippen LogP contribution in [0, 0.1) is 0 Å². The van der Waals surface area contributed by atoms with Gasteiger partial charge in [0.05, 0.1) is 23.1 Å². The highest BCUT2D eigenvalue weighted by molar-refractivity contribution is 7.99. The van der Waals surface area contributed by atoms with E-state index in [0.717, 1.165) is 28.8 Å². The molecule has 108 valence electrons. The van der Waals surface area contributed by atoms with Crippen molar-refractivity contribution in [1.29, 1.82) is 0 Å². The number of carboxylic acids is 1. The summed E-state index contributed by atoms with van der Waals surface area (Å²) in [4.78, 5) is 10.4. The van der Waals surface area contributed by atoms with Crippen LogP contribution < -0.4 is 0 Å². The van der Waals surface area contributed by atoms with E-state index in [1.807, 2.05) is 0 Å². The van der Waals surface area contributed by atoms with Crippen LogP contribution in [0.15, 0.2) is 11.1 Å². The average molecular weight is 314 g/mol. The lowest BCUT2D eigenvalue weighted by atomic mass is 10.5. The van der Waals surface area contributed by atoms with Gasteiger partial charge in [0.1, 0.15) is 15.5 Å². The molecule has 0 aliphatic carbocycles. The van der Waals surface area contributed by atoms with E-state index in [9.17, 15) is 22.0 Å². The minimum Gasteiger partial charge on any atom is -0.481 e. The molecule has 0 spiro atoms. The van der Waals surface area contributed by atoms with Crippen molar-refractivity contribution in [2.24, 2.45) is 0 Å². The fourth-order valence-electron chi connectivity index (χ4n) is 1.19. The van der Waals surface area contributed by atoms with Gasteiger partial charge < -0.3 is 5.11 Å². The molecule has 0 saturated carbocycles. The van der Waals surface area contributed by atoms with Gasteiger partial charge in [0.25, 0.3) is 6.43 Å². The van der Waals surface area contributed by atoms with Crippen LogP contribution in [0.3, 0.4) is 0 Å². The zero-order chi connectivity index (χ0) is 14.6. The molecule has 1 rings (SSSR count). The largest absolute Gasteiger partial charge is 0.481 e. The third-order valence-electron chi connectivity index (χ3n) is 2.00. The second-order valence-corrected chi connectivity index (χ2v) is 7.00. The van der Waals surface area contributed by atoms with Crippen LogP contribution in [0.4, 0.5) is 8.78 Å². The van der Waals surface area contributed by atoms with E-state index in [1.165, 1.54) is 0 Å². The summed E-state index contributed by atoms with van der Waals surface area (Å²) in [5, 5.41) is 12.3. The molecule has 0 unspecified atom stereocenters. The number of alkyl halides is 2. The Labute approximate surface area is 112 Å². The highest BCUT2D eigenvalue weighted by Crippen LogP contribution is 2.25. The van der Waals surface area contributed by atoms with Crippen LogP contribution >= 0.6 is 11.8 Å². The van der Waals surface area contributed by atoms with Crippen LogP contribution in [-0.2, 0) is 21.2 Å². The first-order valence-electron chi connectivity index (χ1n) is 5.07. The fraction of sp³-hybridized carbons (Fsp3) is 0.556. The number of aliphatic carboxylic acids is 1. The fourth-order valence-corrected chi connectivity index (χ4v) is 2.45. The van der Waals surface area contributed by atoms with Crippen LogP contribution in [0.25, 0.3) is 0 Å². The number of aromatic nitrogens is 2. The van der Waals surface area contributed by atoms with Crippen molar-refractivity contribution in [3.05, 3.63) is 11.8 Å². The van der Waals surface area contributed by atoms with Gasteiger partial charge in [0, 0.05) is 6.26 Å². The number of rotatable bonds is 7. The quantitative estimate of drug-likeness (QED) is 0.757. The first kappa shape index (κ1) is 15.9. The predicted octanol–water partition coefficient (Wildman–Crippen LogP) is 1.04. The lowest BCUT2D eigenvalue weighted by Crippen LogP contribution is -2.13. The van der Waals surface area contributed by atoms with Crippen molar-refractivity contribution in [1.82, 2.24) is 9.78 Å². The second kappa shape index (κ2) is 6.33. The van der Waals surface area contributed by atoms with Gasteiger partial charge in [-0.05, 0) is 6.07 Å². The summed E-state index contributed by atoms with van der Waals surface area (Å²) in [6, 6.07) is 1.07. The van der Waals surface area contributed by atoms with Crippen molar-refractivity contribution < 1.29 is 27.1 Å². The molecule has 0 bridgehead atoms. The molecule has 0 saturated heterocycles. The number of nitrogens with zero attached hydrogens (tertiary/aromatic N) is 2. The van der Waals surface area contributed by atoms with Gasteiger partial charge in [-0.3, -0.25) is 9.48 Å². The molecular weight excluding hydrogens is 302 g/mol. The molecule has 10 heteroatoms. The molecule has 1 N–H and O–H groups in total. The van der Waals surface area contributed by atoms with Crippen molar-refractivity contribution in [2.75, 3.05) is 17.8 Å². The van der Waals surface area contributed by atoms with E-state index in [4.69, 9.17) is 5.11 Å². The Bertz CT molecular complexity index is 557. The maximum Gasteiger partial charge on any atom is 0.313 e. The molecule has 19 heavy (non-hydrogen) atoms. The second-order valence-electron chi connectivity index (χ2n) is 3.74. The van der Waals surface area contributed by atoms with Crippen LogP contribution in [0.5, 0.6) is 0 Å². The molecule has 0 aliphatic heterocycles. The molecule has 0 amide bonds. The van der Waals surface area contributed by atoms with E-state index < -0.39 is 27.9 Å². The summed E-state index contributed by atoms with van der Waals surface area (Å²) in [5.41, 5.74) is -0.499. The van der Waals surface area contributed by atoms with E-state index >= 15 is 0 Å². The number of thioether (sulfide) groups is 1. The van der Waals surface area contributed by atoms with E-state index in [1.54, 1.807) is 0 Å². The van der Waals surface area contributed by atoms with Crippen molar-refractivity contribution in [3.63, 3.8) is 0 Å². The Morgan fingerprint density at radius 1 is 1.58 bits per heavy atom. The maximum absolute atomic E-state index is 12.5. The Morgan fingerprint density at radius 2 is 2.21 bits per heavy atom. The van der Waals surface area contributed by atoms with Crippen LogP contribution in [-0.4, -0.2) is 47.0 Å². The maximum atomic E-state index is 12.5. The zero-order valence-corrected chi connectivity index (χ0v) is 11.5. The molecule has 1 heterocycles. The van der Waals surface area contributed by atoms with Gasteiger partial charge in [0.2, 0.25) is 0 Å². The Morgan fingerprint density at radius 3 is 2.68 bits per heavy atom. The predicted molar refractivity (Wildman–Crippen MR) is 65.3 cm³/mol. The first-order valence-corrected chi connectivity index (χ1v) is 8.12. The molecule has 0 aromatic carbocycles. The van der Waals surface area contributed by atoms with Crippen LogP contribution in [0.1, 0.15) is 12.1 Å². The molecule has 0 radical (unpaired) electrons. The standard InChI is InChI=1S/C9H12F2N2O4S2/c1-19(16,17)3-2-13-7(18-5-8(14)15)4-6(12-13)9(10)11/h4,9H,2-3,5H2,1H3,(H,14,15). The van der Waals surface area contributed by atoms with Crippen molar-refractivity contribution in [3.8, 4) is 0 Å². The highest BCUT2D eigenvalue weighted by atomic mass is 32.2. The average Bonchev–Trinajstić information content (AvgIpc) is 2.66. The molecule has 1 aromatic heterocycles. The number of aryl methyl sites for hydroxylation is 1. The summed E-state index contributed by atoms with van der Waals surface area (Å²) in [6.07, 6.45) is -1.77. The van der Waals surface area contributed by atoms with Crippen molar-refractivity contribution in [2.45, 2.75) is 18.0 Å². The summed E-state index contributed by atoms with van der Waals surface area (Å²) >= 11 is 0.817. The first-order chi connectivity index (χ1) is 8.69. The molecule has 0 fully saturated rings. The Kier molecular flexibility index (Phi) is 5.29. The molecule has 1 aromatic rings. The SMILES string of the molecule is CS(=O)(=O)CCn1nc(C(F)F)cc1SCC(=O)O. The molecular formula is C9H12F2N2O4S2. The number of halogens is 2. The van der Waals surface area contributed by atoms with Gasteiger partial charge >= 0.3 is 5.97 Å². The van der Waals surface area contributed by atoms with Gasteiger partial charge in [-0.15, -0.1) is 0 Å². The lowest BCUT2D eigenvalue weighted by molar-refractivity contribution is -0.133. The number of hydrogen-bond donors (Lipinski definition) is 1. The summed E-state index contributed by atoms with van der Waals surface area (Å²) in [5.74, 6) is -1.66. The van der Waals surface area contributed by atoms with E-state index in [2.05, 4.69) is 5.10 Å². The summed E-state index contributed by atoms with van der Waals surface area (Å²) in [6.45, 7) is -0.0898. The molecule has 0 atom stereocenters. The van der Waals surface area contributed by atoms with Crippen molar-refractivity contribution >= 4 is 27.6 Å². The summed E-state index contributed by atoms with van der Waals surface area (Å²) < 4.78 is 48.2. The van der Waals surface area contributed by atoms with Gasteiger partial charge in [-0.25, -0.2) is 17.2 Å². The smallest absolute Gasteiger partial charge is 0.313 e. The number of hydrogen-bond acceptors (Lipinski definition) is 5. The zero-order valence-electron chi connectivity index (χ0n) is 9.91.